The van der Waals surface area contributed by atoms with Crippen molar-refractivity contribution in [1.29, 1.82) is 0 Å². The summed E-state index contributed by atoms with van der Waals surface area (Å²) in [6.07, 6.45) is 2.23. The molecular formula is C11H15NO3. The molecular weight excluding hydrogens is 194 g/mol. The van der Waals surface area contributed by atoms with Crippen molar-refractivity contribution in [1.82, 2.24) is 0 Å². The molecule has 0 fully saturated rings. The molecule has 4 heteroatoms. The topological polar surface area (TPSA) is 86.7 Å². The molecule has 1 aliphatic carbocycles. The summed E-state index contributed by atoms with van der Waals surface area (Å²) in [6, 6.07) is 2.92. The summed E-state index contributed by atoms with van der Waals surface area (Å²) < 4.78 is 0. The van der Waals surface area contributed by atoms with Crippen LogP contribution in [0, 0.1) is 0 Å². The second kappa shape index (κ2) is 3.40. The van der Waals surface area contributed by atoms with E-state index >= 15 is 0 Å². The van der Waals surface area contributed by atoms with E-state index < -0.39 is 5.60 Å². The fraction of sp³-hybridized carbons (Fsp3) is 0.455. The van der Waals surface area contributed by atoms with E-state index in [1.54, 1.807) is 0 Å². The second-order valence-corrected chi connectivity index (χ2v) is 4.09. The van der Waals surface area contributed by atoms with Crippen LogP contribution in [0.5, 0.6) is 11.5 Å². The highest BCUT2D eigenvalue weighted by molar-refractivity contribution is 5.48. The molecule has 1 aromatic rings. The molecule has 0 bridgehead atoms. The molecule has 5 N–H and O–H groups in total. The van der Waals surface area contributed by atoms with E-state index in [0.29, 0.717) is 12.0 Å². The van der Waals surface area contributed by atoms with Crippen LogP contribution in [0.25, 0.3) is 0 Å². The smallest absolute Gasteiger partial charge is 0.157 e. The summed E-state index contributed by atoms with van der Waals surface area (Å²) >= 11 is 0. The monoisotopic (exact) mass is 209 g/mol. The maximum Gasteiger partial charge on any atom is 0.157 e. The number of benzene rings is 1. The SMILES string of the molecule is NCC1(O)CCCc2cc(O)c(O)cc21. The van der Waals surface area contributed by atoms with Gasteiger partial charge in [-0.05, 0) is 42.5 Å². The Morgan fingerprint density at radius 2 is 1.93 bits per heavy atom. The van der Waals surface area contributed by atoms with Gasteiger partial charge in [0.25, 0.3) is 0 Å². The van der Waals surface area contributed by atoms with Crippen molar-refractivity contribution in [2.24, 2.45) is 5.73 Å². The summed E-state index contributed by atoms with van der Waals surface area (Å²) in [5.74, 6) is -0.349. The highest BCUT2D eigenvalue weighted by atomic mass is 16.3. The summed E-state index contributed by atoms with van der Waals surface area (Å²) in [5.41, 5.74) is 6.00. The molecule has 0 amide bonds. The van der Waals surface area contributed by atoms with Gasteiger partial charge in [-0.2, -0.15) is 0 Å². The number of aromatic hydroxyl groups is 2. The zero-order chi connectivity index (χ0) is 11.1. The Bertz CT molecular complexity index is 392. The predicted octanol–water partition coefficient (Wildman–Crippen LogP) is 0.580. The van der Waals surface area contributed by atoms with E-state index in [0.717, 1.165) is 18.4 Å². The first kappa shape index (κ1) is 10.3. The molecule has 82 valence electrons. The van der Waals surface area contributed by atoms with Gasteiger partial charge < -0.3 is 21.1 Å². The van der Waals surface area contributed by atoms with Crippen LogP contribution in [0.2, 0.25) is 0 Å². The first-order valence-electron chi connectivity index (χ1n) is 5.04. The molecule has 4 nitrogen and oxygen atoms in total. The molecule has 0 heterocycles. The maximum absolute atomic E-state index is 10.2. The van der Waals surface area contributed by atoms with Gasteiger partial charge in [-0.15, -0.1) is 0 Å². The summed E-state index contributed by atoms with van der Waals surface area (Å²) in [7, 11) is 0. The van der Waals surface area contributed by atoms with Gasteiger partial charge >= 0.3 is 0 Å². The van der Waals surface area contributed by atoms with Crippen LogP contribution in [-0.2, 0) is 12.0 Å². The minimum absolute atomic E-state index is 0.129. The van der Waals surface area contributed by atoms with Crippen LogP contribution in [-0.4, -0.2) is 21.9 Å². The van der Waals surface area contributed by atoms with Gasteiger partial charge in [-0.25, -0.2) is 0 Å². The third-order valence-corrected chi connectivity index (χ3v) is 3.08. The molecule has 0 radical (unpaired) electrons. The first-order valence-corrected chi connectivity index (χ1v) is 5.04. The molecule has 15 heavy (non-hydrogen) atoms. The van der Waals surface area contributed by atoms with Crippen LogP contribution >= 0.6 is 0 Å². The lowest BCUT2D eigenvalue weighted by Gasteiger charge is -2.33. The van der Waals surface area contributed by atoms with Gasteiger partial charge in [0.15, 0.2) is 11.5 Å². The lowest BCUT2D eigenvalue weighted by atomic mass is 9.79. The lowest BCUT2D eigenvalue weighted by molar-refractivity contribution is 0.0276. The number of phenols is 2. The molecule has 0 aliphatic heterocycles. The molecule has 1 unspecified atom stereocenters. The summed E-state index contributed by atoms with van der Waals surface area (Å²) in [5, 5.41) is 29.0. The third kappa shape index (κ3) is 1.56. The standard InChI is InChI=1S/C11H15NO3/c12-6-11(15)3-1-2-7-4-9(13)10(14)5-8(7)11/h4-5,13-15H,1-3,6,12H2. The van der Waals surface area contributed by atoms with E-state index in [4.69, 9.17) is 5.73 Å². The number of phenolic OH excluding ortho intramolecular Hbond substituents is 2. The van der Waals surface area contributed by atoms with Gasteiger partial charge in [0, 0.05) is 6.54 Å². The van der Waals surface area contributed by atoms with Crippen molar-refractivity contribution in [2.75, 3.05) is 6.54 Å². The summed E-state index contributed by atoms with van der Waals surface area (Å²) in [6.45, 7) is 0.129. The van der Waals surface area contributed by atoms with Gasteiger partial charge in [-0.3, -0.25) is 0 Å². The van der Waals surface area contributed by atoms with E-state index in [1.165, 1.54) is 12.1 Å². The molecule has 0 aromatic heterocycles. The minimum atomic E-state index is -1.06. The maximum atomic E-state index is 10.2. The Hall–Kier alpha value is -1.26. The number of aliphatic hydroxyl groups is 1. The molecule has 1 aromatic carbocycles. The molecule has 0 saturated carbocycles. The van der Waals surface area contributed by atoms with Gasteiger partial charge in [0.2, 0.25) is 0 Å². The van der Waals surface area contributed by atoms with Crippen LogP contribution in [0.15, 0.2) is 12.1 Å². The zero-order valence-corrected chi connectivity index (χ0v) is 8.40. The van der Waals surface area contributed by atoms with Crippen LogP contribution in [0.4, 0.5) is 0 Å². The third-order valence-electron chi connectivity index (χ3n) is 3.08. The average Bonchev–Trinajstić information content (AvgIpc) is 2.22. The van der Waals surface area contributed by atoms with E-state index in [1.807, 2.05) is 0 Å². The Balaban J connectivity index is 2.56. The van der Waals surface area contributed by atoms with Crippen molar-refractivity contribution >= 4 is 0 Å². The van der Waals surface area contributed by atoms with Crippen LogP contribution in [0.3, 0.4) is 0 Å². The molecule has 0 saturated heterocycles. The minimum Gasteiger partial charge on any atom is -0.504 e. The number of rotatable bonds is 1. The van der Waals surface area contributed by atoms with Crippen molar-refractivity contribution < 1.29 is 15.3 Å². The average molecular weight is 209 g/mol. The fourth-order valence-electron chi connectivity index (χ4n) is 2.18. The quantitative estimate of drug-likeness (QED) is 0.509. The van der Waals surface area contributed by atoms with Crippen molar-refractivity contribution in [2.45, 2.75) is 24.9 Å². The number of aryl methyl sites for hydroxylation is 1. The van der Waals surface area contributed by atoms with Gasteiger partial charge in [0.1, 0.15) is 5.60 Å². The van der Waals surface area contributed by atoms with Crippen molar-refractivity contribution in [3.05, 3.63) is 23.3 Å². The van der Waals surface area contributed by atoms with Crippen LogP contribution in [0.1, 0.15) is 24.0 Å². The van der Waals surface area contributed by atoms with Gasteiger partial charge in [-0.1, -0.05) is 0 Å². The van der Waals surface area contributed by atoms with Crippen molar-refractivity contribution in [3.63, 3.8) is 0 Å². The normalized spacial score (nSPS) is 24.9. The number of hydrogen-bond donors (Lipinski definition) is 4. The Kier molecular flexibility index (Phi) is 2.32. The number of nitrogens with two attached hydrogens (primary N) is 1. The largest absolute Gasteiger partial charge is 0.504 e. The van der Waals surface area contributed by atoms with Crippen molar-refractivity contribution in [3.8, 4) is 11.5 Å². The van der Waals surface area contributed by atoms with Crippen LogP contribution < -0.4 is 5.73 Å². The second-order valence-electron chi connectivity index (χ2n) is 4.09. The van der Waals surface area contributed by atoms with Gasteiger partial charge in [0.05, 0.1) is 0 Å². The highest BCUT2D eigenvalue weighted by Gasteiger charge is 2.33. The highest BCUT2D eigenvalue weighted by Crippen LogP contribution is 2.39. The number of fused-ring (bicyclic) bond motifs is 1. The van der Waals surface area contributed by atoms with E-state index in [9.17, 15) is 15.3 Å². The Labute approximate surface area is 88.0 Å². The molecule has 0 spiro atoms. The Morgan fingerprint density at radius 1 is 1.27 bits per heavy atom. The lowest BCUT2D eigenvalue weighted by Crippen LogP contribution is -2.38. The zero-order valence-electron chi connectivity index (χ0n) is 8.40. The van der Waals surface area contributed by atoms with E-state index in [-0.39, 0.29) is 18.0 Å². The first-order chi connectivity index (χ1) is 7.07. The fourth-order valence-corrected chi connectivity index (χ4v) is 2.18. The summed E-state index contributed by atoms with van der Waals surface area (Å²) in [4.78, 5) is 0. The Morgan fingerprint density at radius 3 is 2.60 bits per heavy atom. The molecule has 2 rings (SSSR count). The van der Waals surface area contributed by atoms with E-state index in [2.05, 4.69) is 0 Å². The molecule has 1 atom stereocenters. The predicted molar refractivity (Wildman–Crippen MR) is 55.7 cm³/mol. The molecule has 1 aliphatic rings. The number of hydrogen-bond acceptors (Lipinski definition) is 4.